The number of fused-ring (bicyclic) bond motifs is 7. The van der Waals surface area contributed by atoms with Crippen molar-refractivity contribution in [2.75, 3.05) is 0 Å². The van der Waals surface area contributed by atoms with Crippen molar-refractivity contribution in [3.63, 3.8) is 0 Å². The van der Waals surface area contributed by atoms with Crippen LogP contribution in [0.25, 0.3) is 110 Å². The third-order valence-electron chi connectivity index (χ3n) is 10.7. The van der Waals surface area contributed by atoms with Gasteiger partial charge in [0, 0.05) is 21.7 Å². The summed E-state index contributed by atoms with van der Waals surface area (Å²) >= 11 is 0. The first kappa shape index (κ1) is 28.9. The van der Waals surface area contributed by atoms with Gasteiger partial charge in [0.1, 0.15) is 16.7 Å². The minimum atomic E-state index is 0.854. The van der Waals surface area contributed by atoms with Crippen molar-refractivity contribution in [1.82, 2.24) is 0 Å². The van der Waals surface area contributed by atoms with E-state index < -0.39 is 0 Å². The minimum absolute atomic E-state index is 0.854. The second-order valence-electron chi connectivity index (χ2n) is 13.7. The fourth-order valence-corrected chi connectivity index (χ4v) is 8.24. The van der Waals surface area contributed by atoms with Crippen LogP contribution in [0.1, 0.15) is 0 Å². The predicted octanol–water partition coefficient (Wildman–Crippen LogP) is 14.5. The van der Waals surface area contributed by atoms with Gasteiger partial charge in [0.05, 0.1) is 6.26 Å². The summed E-state index contributed by atoms with van der Waals surface area (Å²) in [7, 11) is 0. The van der Waals surface area contributed by atoms with E-state index in [2.05, 4.69) is 176 Å². The van der Waals surface area contributed by atoms with Gasteiger partial charge >= 0.3 is 0 Å². The third-order valence-corrected chi connectivity index (χ3v) is 10.7. The summed E-state index contributed by atoms with van der Waals surface area (Å²) in [5.74, 6) is 0. The number of hydrogen-bond donors (Lipinski definition) is 0. The fraction of sp³-hybridized carbons (Fsp3) is 0. The molecule has 0 saturated carbocycles. The molecular formula is C50H30O2. The van der Waals surface area contributed by atoms with Gasteiger partial charge in [-0.05, 0) is 102 Å². The van der Waals surface area contributed by atoms with Gasteiger partial charge in [-0.25, -0.2) is 0 Å². The molecule has 2 heterocycles. The molecule has 0 saturated heterocycles. The number of rotatable bonds is 4. The van der Waals surface area contributed by atoms with Crippen LogP contribution in [-0.4, -0.2) is 0 Å². The van der Waals surface area contributed by atoms with Crippen LogP contribution in [0.3, 0.4) is 0 Å². The van der Waals surface area contributed by atoms with Crippen molar-refractivity contribution in [3.05, 3.63) is 182 Å². The molecule has 0 unspecified atom stereocenters. The molecule has 242 valence electrons. The van der Waals surface area contributed by atoms with Crippen molar-refractivity contribution in [2.45, 2.75) is 0 Å². The Labute approximate surface area is 299 Å². The molecule has 0 aliphatic rings. The van der Waals surface area contributed by atoms with Crippen LogP contribution in [0.2, 0.25) is 0 Å². The normalized spacial score (nSPS) is 11.8. The molecule has 0 radical (unpaired) electrons. The lowest BCUT2D eigenvalue weighted by atomic mass is 9.85. The highest BCUT2D eigenvalue weighted by atomic mass is 16.3. The van der Waals surface area contributed by atoms with Crippen LogP contribution < -0.4 is 0 Å². The van der Waals surface area contributed by atoms with Crippen molar-refractivity contribution < 1.29 is 8.83 Å². The van der Waals surface area contributed by atoms with E-state index in [4.69, 9.17) is 8.83 Å². The average Bonchev–Trinajstić information content (AvgIpc) is 3.79. The SMILES string of the molecule is c1ccc(-c2ccc(-c3c4ccccc4c(-c4ccc5c(c4)oc4cc6c(-c7ccc8ccccc8c7)coc6cc45)c4ccccc34)cc2)cc1. The van der Waals surface area contributed by atoms with Crippen LogP contribution in [0, 0.1) is 0 Å². The van der Waals surface area contributed by atoms with Gasteiger partial charge < -0.3 is 8.83 Å². The molecule has 0 N–H and O–H groups in total. The lowest BCUT2D eigenvalue weighted by Gasteiger charge is -2.18. The maximum absolute atomic E-state index is 6.68. The Bertz CT molecular complexity index is 3100. The fourth-order valence-electron chi connectivity index (χ4n) is 8.24. The van der Waals surface area contributed by atoms with Crippen LogP contribution >= 0.6 is 0 Å². The van der Waals surface area contributed by atoms with Gasteiger partial charge in [-0.15, -0.1) is 0 Å². The summed E-state index contributed by atoms with van der Waals surface area (Å²) < 4.78 is 12.8. The van der Waals surface area contributed by atoms with Crippen molar-refractivity contribution >= 4 is 65.2 Å². The molecule has 11 rings (SSSR count). The number of furan rings is 2. The molecule has 52 heavy (non-hydrogen) atoms. The number of hydrogen-bond acceptors (Lipinski definition) is 2. The van der Waals surface area contributed by atoms with Gasteiger partial charge in [0.15, 0.2) is 0 Å². The Morgan fingerprint density at radius 3 is 1.56 bits per heavy atom. The summed E-state index contributed by atoms with van der Waals surface area (Å²) in [6.07, 6.45) is 1.87. The van der Waals surface area contributed by atoms with E-state index in [-0.39, 0.29) is 0 Å². The Kier molecular flexibility index (Phi) is 6.28. The molecule has 2 heteroatoms. The smallest absolute Gasteiger partial charge is 0.136 e. The van der Waals surface area contributed by atoms with E-state index in [1.165, 1.54) is 60.1 Å². The summed E-state index contributed by atoms with van der Waals surface area (Å²) in [5.41, 5.74) is 12.0. The molecule has 0 bridgehead atoms. The molecule has 0 atom stereocenters. The molecule has 0 amide bonds. The topological polar surface area (TPSA) is 26.3 Å². The first-order valence-electron chi connectivity index (χ1n) is 17.7. The monoisotopic (exact) mass is 662 g/mol. The van der Waals surface area contributed by atoms with Gasteiger partial charge in [0.25, 0.3) is 0 Å². The van der Waals surface area contributed by atoms with Gasteiger partial charge in [-0.2, -0.15) is 0 Å². The molecule has 0 spiro atoms. The zero-order valence-electron chi connectivity index (χ0n) is 28.1. The molecule has 9 aromatic carbocycles. The van der Waals surface area contributed by atoms with Crippen LogP contribution in [0.4, 0.5) is 0 Å². The molecule has 2 nitrogen and oxygen atoms in total. The highest BCUT2D eigenvalue weighted by Gasteiger charge is 2.19. The third kappa shape index (κ3) is 4.44. The highest BCUT2D eigenvalue weighted by Crippen LogP contribution is 2.45. The average molecular weight is 663 g/mol. The molecule has 2 aromatic heterocycles. The van der Waals surface area contributed by atoms with Crippen LogP contribution in [0.5, 0.6) is 0 Å². The maximum atomic E-state index is 6.68. The van der Waals surface area contributed by atoms with E-state index in [1.807, 2.05) is 6.26 Å². The minimum Gasteiger partial charge on any atom is -0.464 e. The van der Waals surface area contributed by atoms with Crippen molar-refractivity contribution in [1.29, 1.82) is 0 Å². The van der Waals surface area contributed by atoms with E-state index in [0.717, 1.165) is 49.6 Å². The van der Waals surface area contributed by atoms with Crippen LogP contribution in [0.15, 0.2) is 191 Å². The first-order valence-corrected chi connectivity index (χ1v) is 17.7. The Morgan fingerprint density at radius 1 is 0.288 bits per heavy atom. The summed E-state index contributed by atoms with van der Waals surface area (Å²) in [4.78, 5) is 0. The van der Waals surface area contributed by atoms with E-state index in [0.29, 0.717) is 0 Å². The largest absolute Gasteiger partial charge is 0.464 e. The molecular weight excluding hydrogens is 633 g/mol. The molecule has 0 aliphatic heterocycles. The van der Waals surface area contributed by atoms with E-state index in [9.17, 15) is 0 Å². The second-order valence-corrected chi connectivity index (χ2v) is 13.7. The van der Waals surface area contributed by atoms with Crippen LogP contribution in [-0.2, 0) is 0 Å². The van der Waals surface area contributed by atoms with Gasteiger partial charge in [-0.3, -0.25) is 0 Å². The molecule has 0 aliphatic carbocycles. The lowest BCUT2D eigenvalue weighted by molar-refractivity contribution is 0.617. The Hall–Kier alpha value is -6.90. The highest BCUT2D eigenvalue weighted by molar-refractivity contribution is 6.22. The summed E-state index contributed by atoms with van der Waals surface area (Å²) in [5, 5.41) is 10.5. The van der Waals surface area contributed by atoms with E-state index >= 15 is 0 Å². The van der Waals surface area contributed by atoms with Gasteiger partial charge in [0.2, 0.25) is 0 Å². The van der Waals surface area contributed by atoms with Crippen molar-refractivity contribution in [2.24, 2.45) is 0 Å². The van der Waals surface area contributed by atoms with Crippen molar-refractivity contribution in [3.8, 4) is 44.5 Å². The Morgan fingerprint density at radius 2 is 0.827 bits per heavy atom. The number of benzene rings is 9. The summed E-state index contributed by atoms with van der Waals surface area (Å²) in [6.45, 7) is 0. The Balaban J connectivity index is 1.07. The van der Waals surface area contributed by atoms with Gasteiger partial charge in [-0.1, -0.05) is 146 Å². The lowest BCUT2D eigenvalue weighted by Crippen LogP contribution is -1.91. The van der Waals surface area contributed by atoms with E-state index in [1.54, 1.807) is 0 Å². The standard InChI is InChI=1S/C50H30O2/c1-2-10-31(11-3-1)33-18-21-34(22-19-33)49-39-14-6-8-16-41(39)50(42-17-9-7-15-40(42)49)37-24-25-38-43-28-46-44(29-48(43)52-47(38)27-37)45(30-51-46)36-23-20-32-12-4-5-13-35(32)26-36/h1-30H. The zero-order chi connectivity index (χ0) is 34.2. The zero-order valence-corrected chi connectivity index (χ0v) is 28.1. The predicted molar refractivity (Wildman–Crippen MR) is 218 cm³/mol. The second kappa shape index (κ2) is 11.3. The first-order chi connectivity index (χ1) is 25.8. The summed E-state index contributed by atoms with van der Waals surface area (Å²) in [6, 6.07) is 63.1. The molecule has 11 aromatic rings. The maximum Gasteiger partial charge on any atom is 0.136 e. The molecule has 0 fully saturated rings. The quantitative estimate of drug-likeness (QED) is 0.175.